The van der Waals surface area contributed by atoms with Gasteiger partial charge in [0.05, 0.1) is 5.56 Å². The van der Waals surface area contributed by atoms with Gasteiger partial charge < -0.3 is 9.51 Å². The van der Waals surface area contributed by atoms with Gasteiger partial charge in [0.25, 0.3) is 11.4 Å². The van der Waals surface area contributed by atoms with Gasteiger partial charge in [-0.1, -0.05) is 35.5 Å². The molecule has 0 spiro atoms. The van der Waals surface area contributed by atoms with Gasteiger partial charge in [-0.2, -0.15) is 18.2 Å². The molecule has 0 radical (unpaired) electrons. The molecule has 10 heteroatoms. The van der Waals surface area contributed by atoms with Crippen LogP contribution in [-0.4, -0.2) is 25.1 Å². The maximum absolute atomic E-state index is 12.8. The van der Waals surface area contributed by atoms with E-state index in [0.29, 0.717) is 17.6 Å². The number of aromatic nitrogens is 5. The summed E-state index contributed by atoms with van der Waals surface area (Å²) in [5.74, 6) is 0.0667. The van der Waals surface area contributed by atoms with E-state index < -0.39 is 17.3 Å². The van der Waals surface area contributed by atoms with Crippen molar-refractivity contribution in [3.63, 3.8) is 0 Å². The summed E-state index contributed by atoms with van der Waals surface area (Å²) in [4.78, 5) is 26.7. The van der Waals surface area contributed by atoms with Gasteiger partial charge >= 0.3 is 6.18 Å². The minimum Gasteiger partial charge on any atom is -0.333 e. The maximum Gasteiger partial charge on any atom is 0.417 e. The number of pyridine rings is 1. The second-order valence-electron chi connectivity index (χ2n) is 5.72. The van der Waals surface area contributed by atoms with Crippen LogP contribution in [0.25, 0.3) is 34.2 Å². The largest absolute Gasteiger partial charge is 0.417 e. The number of alkyl halides is 3. The van der Waals surface area contributed by atoms with Crippen LogP contribution in [0, 0.1) is 0 Å². The van der Waals surface area contributed by atoms with Crippen LogP contribution in [0.4, 0.5) is 13.2 Å². The molecule has 3 heterocycles. The number of H-pyrrole nitrogens is 1. The third kappa shape index (κ3) is 3.39. The third-order valence-corrected chi connectivity index (χ3v) is 3.83. The molecule has 0 bridgehead atoms. The molecule has 0 unspecified atom stereocenters. The van der Waals surface area contributed by atoms with Crippen molar-refractivity contribution >= 4 is 0 Å². The average Bonchev–Trinajstić information content (AvgIpc) is 3.18. The van der Waals surface area contributed by atoms with Crippen LogP contribution in [-0.2, 0) is 6.18 Å². The first kappa shape index (κ1) is 17.6. The summed E-state index contributed by atoms with van der Waals surface area (Å²) in [5, 5.41) is 3.63. The number of nitrogens with one attached hydrogen (secondary N) is 1. The molecule has 28 heavy (non-hydrogen) atoms. The number of halogens is 3. The molecular formula is C18H10F3N5O2. The summed E-state index contributed by atoms with van der Waals surface area (Å²) in [6, 6.07) is 9.85. The Kier molecular flexibility index (Phi) is 4.22. The van der Waals surface area contributed by atoms with Crippen LogP contribution in [0.5, 0.6) is 0 Å². The number of hydrogen-bond acceptors (Lipinski definition) is 6. The summed E-state index contributed by atoms with van der Waals surface area (Å²) >= 11 is 0. The summed E-state index contributed by atoms with van der Waals surface area (Å²) in [6.07, 6.45) is -1.42. The second-order valence-corrected chi connectivity index (χ2v) is 5.72. The number of nitrogens with zero attached hydrogens (tertiary/aromatic N) is 4. The monoisotopic (exact) mass is 385 g/mol. The molecule has 0 saturated heterocycles. The molecule has 0 aliphatic rings. The number of hydrogen-bond donors (Lipinski definition) is 1. The zero-order chi connectivity index (χ0) is 19.7. The fraction of sp³-hybridized carbons (Fsp3) is 0.0556. The van der Waals surface area contributed by atoms with E-state index in [1.165, 1.54) is 12.4 Å². The van der Waals surface area contributed by atoms with Gasteiger partial charge in [0, 0.05) is 29.7 Å². The fourth-order valence-electron chi connectivity index (χ4n) is 2.46. The van der Waals surface area contributed by atoms with E-state index in [1.807, 2.05) is 6.07 Å². The highest BCUT2D eigenvalue weighted by atomic mass is 19.4. The molecule has 0 aliphatic heterocycles. The molecule has 0 aliphatic carbocycles. The predicted octanol–water partition coefficient (Wildman–Crippen LogP) is 3.57. The van der Waals surface area contributed by atoms with Crippen molar-refractivity contribution in [2.45, 2.75) is 6.18 Å². The van der Waals surface area contributed by atoms with Crippen molar-refractivity contribution in [2.24, 2.45) is 0 Å². The first-order valence-electron chi connectivity index (χ1n) is 7.93. The molecular weight excluding hydrogens is 375 g/mol. The summed E-state index contributed by atoms with van der Waals surface area (Å²) in [6.45, 7) is 0. The fourth-order valence-corrected chi connectivity index (χ4v) is 2.46. The lowest BCUT2D eigenvalue weighted by Crippen LogP contribution is -2.11. The minimum atomic E-state index is -4.55. The van der Waals surface area contributed by atoms with Crippen LogP contribution in [0.15, 0.2) is 64.3 Å². The normalized spacial score (nSPS) is 11.5. The SMILES string of the molecule is O=c1[nH]c(-c2ccccc2)ncc1-c1nc(-c2cncc(C(F)(F)F)c2)no1. The Morgan fingerprint density at radius 3 is 2.50 bits per heavy atom. The van der Waals surface area contributed by atoms with Crippen molar-refractivity contribution in [3.8, 4) is 34.2 Å². The van der Waals surface area contributed by atoms with E-state index in [1.54, 1.807) is 24.3 Å². The van der Waals surface area contributed by atoms with Crippen molar-refractivity contribution in [1.29, 1.82) is 0 Å². The van der Waals surface area contributed by atoms with Crippen molar-refractivity contribution in [1.82, 2.24) is 25.1 Å². The molecule has 4 aromatic rings. The number of benzene rings is 1. The Labute approximate surface area is 154 Å². The van der Waals surface area contributed by atoms with Crippen molar-refractivity contribution in [2.75, 3.05) is 0 Å². The van der Waals surface area contributed by atoms with E-state index in [4.69, 9.17) is 4.52 Å². The highest BCUT2D eigenvalue weighted by Crippen LogP contribution is 2.31. The summed E-state index contributed by atoms with van der Waals surface area (Å²) < 4.78 is 43.5. The highest BCUT2D eigenvalue weighted by molar-refractivity contribution is 5.60. The molecule has 1 N–H and O–H groups in total. The zero-order valence-corrected chi connectivity index (χ0v) is 13.9. The number of aromatic amines is 1. The van der Waals surface area contributed by atoms with Crippen LogP contribution in [0.3, 0.4) is 0 Å². The molecule has 0 atom stereocenters. The molecule has 0 fully saturated rings. The van der Waals surface area contributed by atoms with E-state index in [9.17, 15) is 18.0 Å². The highest BCUT2D eigenvalue weighted by Gasteiger charge is 2.31. The van der Waals surface area contributed by atoms with E-state index >= 15 is 0 Å². The Bertz CT molecular complexity index is 1190. The lowest BCUT2D eigenvalue weighted by Gasteiger charge is -2.05. The summed E-state index contributed by atoms with van der Waals surface area (Å²) in [7, 11) is 0. The Balaban J connectivity index is 1.68. The van der Waals surface area contributed by atoms with Gasteiger partial charge in [0.15, 0.2) is 0 Å². The Hall–Kier alpha value is -3.82. The third-order valence-electron chi connectivity index (χ3n) is 3.83. The summed E-state index contributed by atoms with van der Waals surface area (Å²) in [5.41, 5.74) is -0.741. The lowest BCUT2D eigenvalue weighted by atomic mass is 10.2. The quantitative estimate of drug-likeness (QED) is 0.579. The predicted molar refractivity (Wildman–Crippen MR) is 91.8 cm³/mol. The van der Waals surface area contributed by atoms with E-state index in [0.717, 1.165) is 6.07 Å². The van der Waals surface area contributed by atoms with Crippen LogP contribution in [0.1, 0.15) is 5.56 Å². The molecule has 0 saturated carbocycles. The van der Waals surface area contributed by atoms with Crippen LogP contribution in [0.2, 0.25) is 0 Å². The first-order chi connectivity index (χ1) is 13.4. The van der Waals surface area contributed by atoms with Gasteiger partial charge in [-0.25, -0.2) is 4.98 Å². The topological polar surface area (TPSA) is 97.6 Å². The van der Waals surface area contributed by atoms with Gasteiger partial charge in [-0.3, -0.25) is 9.78 Å². The molecule has 1 aromatic carbocycles. The molecule has 3 aromatic heterocycles. The van der Waals surface area contributed by atoms with E-state index in [2.05, 4.69) is 25.1 Å². The van der Waals surface area contributed by atoms with Crippen molar-refractivity contribution < 1.29 is 17.7 Å². The molecule has 0 amide bonds. The van der Waals surface area contributed by atoms with Gasteiger partial charge in [0.1, 0.15) is 11.4 Å². The minimum absolute atomic E-state index is 0.00151. The molecule has 4 rings (SSSR count). The molecule has 7 nitrogen and oxygen atoms in total. The van der Waals surface area contributed by atoms with Crippen LogP contribution < -0.4 is 5.56 Å². The average molecular weight is 385 g/mol. The van der Waals surface area contributed by atoms with Gasteiger partial charge in [0.2, 0.25) is 5.82 Å². The zero-order valence-electron chi connectivity index (χ0n) is 13.9. The first-order valence-corrected chi connectivity index (χ1v) is 7.93. The standard InChI is InChI=1S/C18H10F3N5O2/c19-18(20,21)12-6-11(7-22-8-12)15-25-17(28-26-15)13-9-23-14(24-16(13)27)10-4-2-1-3-5-10/h1-9H,(H,23,24,27). The lowest BCUT2D eigenvalue weighted by molar-refractivity contribution is -0.137. The Morgan fingerprint density at radius 2 is 1.79 bits per heavy atom. The number of rotatable bonds is 3. The Morgan fingerprint density at radius 1 is 1.00 bits per heavy atom. The molecule has 140 valence electrons. The van der Waals surface area contributed by atoms with Gasteiger partial charge in [-0.15, -0.1) is 0 Å². The van der Waals surface area contributed by atoms with E-state index in [-0.39, 0.29) is 22.8 Å². The van der Waals surface area contributed by atoms with Crippen molar-refractivity contribution in [3.05, 3.63) is 70.9 Å². The smallest absolute Gasteiger partial charge is 0.333 e. The van der Waals surface area contributed by atoms with Crippen LogP contribution >= 0.6 is 0 Å². The maximum atomic E-state index is 12.8. The van der Waals surface area contributed by atoms with Gasteiger partial charge in [-0.05, 0) is 6.07 Å². The second kappa shape index (κ2) is 6.72.